The van der Waals surface area contributed by atoms with Crippen LogP contribution in [-0.2, 0) is 25.5 Å². The van der Waals surface area contributed by atoms with Crippen LogP contribution in [0.15, 0.2) is 55.8 Å². The maximum Gasteiger partial charge on any atom is 0.305 e. The monoisotopic (exact) mass is 523 g/mol. The number of benzene rings is 1. The van der Waals surface area contributed by atoms with Crippen molar-refractivity contribution in [3.63, 3.8) is 0 Å². The number of ether oxygens (including phenoxy) is 1. The first-order valence-electron chi connectivity index (χ1n) is 13.6. The van der Waals surface area contributed by atoms with Gasteiger partial charge in [-0.2, -0.15) is 0 Å². The van der Waals surface area contributed by atoms with Crippen molar-refractivity contribution in [1.82, 2.24) is 15.2 Å². The number of aromatic nitrogens is 1. The Kier molecular flexibility index (Phi) is 11.6. The van der Waals surface area contributed by atoms with Gasteiger partial charge in [-0.25, -0.2) is 0 Å². The van der Waals surface area contributed by atoms with Crippen molar-refractivity contribution in [2.75, 3.05) is 19.8 Å². The number of unbranched alkanes of at least 4 members (excludes halogenated alkanes) is 2. The number of rotatable bonds is 16. The molecule has 0 spiro atoms. The molecule has 1 aromatic carbocycles. The molecule has 2 heterocycles. The van der Waals surface area contributed by atoms with Gasteiger partial charge in [-0.3, -0.25) is 14.4 Å². The fourth-order valence-corrected chi connectivity index (χ4v) is 5.03. The molecule has 206 valence electrons. The van der Waals surface area contributed by atoms with Crippen LogP contribution in [0.3, 0.4) is 0 Å². The van der Waals surface area contributed by atoms with Gasteiger partial charge in [-0.05, 0) is 56.6 Å². The Morgan fingerprint density at radius 3 is 2.79 bits per heavy atom. The van der Waals surface area contributed by atoms with Gasteiger partial charge in [0.25, 0.3) is 0 Å². The zero-order valence-electron chi connectivity index (χ0n) is 22.2. The average Bonchev–Trinajstić information content (AvgIpc) is 3.57. The molecule has 0 saturated carbocycles. The van der Waals surface area contributed by atoms with Crippen molar-refractivity contribution in [3.8, 4) is 0 Å². The van der Waals surface area contributed by atoms with Crippen LogP contribution in [0.25, 0.3) is 10.9 Å². The quantitative estimate of drug-likeness (QED) is 0.175. The fraction of sp³-hybridized carbons (Fsp3) is 0.500. The lowest BCUT2D eigenvalue weighted by atomic mass is 9.97. The smallest absolute Gasteiger partial charge is 0.305 e. The van der Waals surface area contributed by atoms with Crippen molar-refractivity contribution < 1.29 is 24.2 Å². The second kappa shape index (κ2) is 15.1. The van der Waals surface area contributed by atoms with Gasteiger partial charge in [0, 0.05) is 36.5 Å². The highest BCUT2D eigenvalue weighted by Crippen LogP contribution is 2.22. The normalized spacial score (nSPS) is 16.7. The van der Waals surface area contributed by atoms with Crippen LogP contribution >= 0.6 is 0 Å². The summed E-state index contributed by atoms with van der Waals surface area (Å²) in [5, 5.41) is 13.7. The van der Waals surface area contributed by atoms with E-state index in [9.17, 15) is 19.5 Å². The maximum absolute atomic E-state index is 13.4. The third kappa shape index (κ3) is 8.31. The van der Waals surface area contributed by atoms with Gasteiger partial charge >= 0.3 is 5.97 Å². The van der Waals surface area contributed by atoms with E-state index >= 15 is 0 Å². The van der Waals surface area contributed by atoms with Gasteiger partial charge in [0.2, 0.25) is 11.8 Å². The Hall–Kier alpha value is -3.39. The number of esters is 1. The number of aliphatic hydroxyl groups excluding tert-OH is 1. The van der Waals surface area contributed by atoms with Gasteiger partial charge in [0.1, 0.15) is 6.61 Å². The lowest BCUT2D eigenvalue weighted by Crippen LogP contribution is -2.45. The van der Waals surface area contributed by atoms with Gasteiger partial charge in [0.05, 0.1) is 24.6 Å². The van der Waals surface area contributed by atoms with E-state index in [1.54, 1.807) is 11.0 Å². The fourth-order valence-electron chi connectivity index (χ4n) is 5.03. The van der Waals surface area contributed by atoms with E-state index in [1.165, 1.54) is 0 Å². The standard InChI is InChI=1S/C30H41N3O5/c1-3-5-6-7-15-29(36)38-21-24(17-23-19-31-27-14-9-8-13-26(23)27)32-30(37)22(11-4-2)18-28(35)33-16-10-12-25(33)20-34/h3-4,8-9,13-14,19,22,24-25,31,34H,1-2,5-7,10-12,15-18,20-21H2,(H,32,37). The Bertz CT molecular complexity index is 1090. The van der Waals surface area contributed by atoms with Crippen LogP contribution < -0.4 is 5.32 Å². The zero-order valence-corrected chi connectivity index (χ0v) is 22.2. The van der Waals surface area contributed by atoms with Crippen LogP contribution in [0.5, 0.6) is 0 Å². The Labute approximate surface area is 225 Å². The third-order valence-electron chi connectivity index (χ3n) is 7.12. The summed E-state index contributed by atoms with van der Waals surface area (Å²) in [6.07, 6.45) is 10.6. The van der Waals surface area contributed by atoms with Crippen molar-refractivity contribution in [1.29, 1.82) is 0 Å². The Balaban J connectivity index is 1.68. The van der Waals surface area contributed by atoms with Gasteiger partial charge in [-0.15, -0.1) is 13.2 Å². The number of hydrogen-bond acceptors (Lipinski definition) is 5. The number of carbonyl (C=O) groups excluding carboxylic acids is 3. The third-order valence-corrected chi connectivity index (χ3v) is 7.12. The molecule has 8 nitrogen and oxygen atoms in total. The number of aromatic amines is 1. The number of allylic oxidation sites excluding steroid dienone is 2. The van der Waals surface area contributed by atoms with Crippen molar-refractivity contribution in [2.45, 2.75) is 69.9 Å². The number of fused-ring (bicyclic) bond motifs is 1. The maximum atomic E-state index is 13.4. The summed E-state index contributed by atoms with van der Waals surface area (Å²) in [6.45, 7) is 8.03. The topological polar surface area (TPSA) is 112 Å². The number of amides is 2. The minimum absolute atomic E-state index is 0.0389. The SMILES string of the molecule is C=CCCCCC(=O)OCC(Cc1c[nH]c2ccccc12)NC(=O)C(CC=C)CC(=O)N1CCCC1CO. The van der Waals surface area contributed by atoms with E-state index in [2.05, 4.69) is 23.5 Å². The first-order chi connectivity index (χ1) is 18.5. The van der Waals surface area contributed by atoms with Crippen LogP contribution in [0.1, 0.15) is 56.9 Å². The molecule has 2 aromatic rings. The number of likely N-dealkylation sites (tertiary alicyclic amines) is 1. The number of carbonyl (C=O) groups is 3. The highest BCUT2D eigenvalue weighted by Gasteiger charge is 2.31. The lowest BCUT2D eigenvalue weighted by Gasteiger charge is -2.26. The van der Waals surface area contributed by atoms with Crippen LogP contribution in [0.2, 0.25) is 0 Å². The van der Waals surface area contributed by atoms with E-state index in [0.717, 1.165) is 48.6 Å². The summed E-state index contributed by atoms with van der Waals surface area (Å²) in [4.78, 5) is 43.6. The molecule has 1 aliphatic heterocycles. The molecule has 0 radical (unpaired) electrons. The molecule has 3 rings (SSSR count). The van der Waals surface area contributed by atoms with E-state index < -0.39 is 12.0 Å². The molecule has 8 heteroatoms. The number of para-hydroxylation sites is 1. The van der Waals surface area contributed by atoms with E-state index in [1.807, 2.05) is 36.5 Å². The molecular formula is C30H41N3O5. The number of H-pyrrole nitrogens is 1. The number of nitrogens with one attached hydrogen (secondary N) is 2. The molecule has 3 atom stereocenters. The molecular weight excluding hydrogens is 482 g/mol. The summed E-state index contributed by atoms with van der Waals surface area (Å²) < 4.78 is 5.56. The first-order valence-corrected chi connectivity index (χ1v) is 13.6. The summed E-state index contributed by atoms with van der Waals surface area (Å²) in [7, 11) is 0. The molecule has 3 unspecified atom stereocenters. The van der Waals surface area contributed by atoms with E-state index in [0.29, 0.717) is 25.8 Å². The van der Waals surface area contributed by atoms with Crippen LogP contribution in [0.4, 0.5) is 0 Å². The largest absolute Gasteiger partial charge is 0.463 e. The predicted molar refractivity (Wildman–Crippen MR) is 148 cm³/mol. The second-order valence-electron chi connectivity index (χ2n) is 9.98. The van der Waals surface area contributed by atoms with Crippen LogP contribution in [0, 0.1) is 5.92 Å². The Morgan fingerprint density at radius 2 is 2.03 bits per heavy atom. The molecule has 1 aromatic heterocycles. The van der Waals surface area contributed by atoms with E-state index in [-0.39, 0.29) is 43.5 Å². The Morgan fingerprint density at radius 1 is 1.21 bits per heavy atom. The molecule has 0 aliphatic carbocycles. The highest BCUT2D eigenvalue weighted by molar-refractivity contribution is 5.87. The van der Waals surface area contributed by atoms with Crippen molar-refractivity contribution in [3.05, 3.63) is 61.3 Å². The van der Waals surface area contributed by atoms with Crippen molar-refractivity contribution in [2.24, 2.45) is 5.92 Å². The molecule has 2 amide bonds. The number of hydrogen-bond donors (Lipinski definition) is 3. The summed E-state index contributed by atoms with van der Waals surface area (Å²) in [5.41, 5.74) is 2.00. The molecule has 38 heavy (non-hydrogen) atoms. The molecule has 1 aliphatic rings. The van der Waals surface area contributed by atoms with Gasteiger partial charge in [0.15, 0.2) is 0 Å². The molecule has 3 N–H and O–H groups in total. The lowest BCUT2D eigenvalue weighted by molar-refractivity contribution is -0.145. The summed E-state index contributed by atoms with van der Waals surface area (Å²) >= 11 is 0. The number of nitrogens with zero attached hydrogens (tertiary/aromatic N) is 1. The summed E-state index contributed by atoms with van der Waals surface area (Å²) in [5.74, 6) is -1.30. The number of aliphatic hydroxyl groups is 1. The predicted octanol–water partition coefficient (Wildman–Crippen LogP) is 4.05. The van der Waals surface area contributed by atoms with Gasteiger partial charge in [-0.1, -0.05) is 30.4 Å². The van der Waals surface area contributed by atoms with E-state index in [4.69, 9.17) is 4.74 Å². The minimum Gasteiger partial charge on any atom is -0.463 e. The minimum atomic E-state index is -0.597. The van der Waals surface area contributed by atoms with Crippen LogP contribution in [-0.4, -0.2) is 64.6 Å². The first kappa shape index (κ1) is 29.2. The molecule has 1 saturated heterocycles. The molecule has 0 bridgehead atoms. The second-order valence-corrected chi connectivity index (χ2v) is 9.98. The average molecular weight is 524 g/mol. The zero-order chi connectivity index (χ0) is 27.3. The molecule has 1 fully saturated rings. The highest BCUT2D eigenvalue weighted by atomic mass is 16.5. The summed E-state index contributed by atoms with van der Waals surface area (Å²) in [6, 6.07) is 7.26. The van der Waals surface area contributed by atoms with Crippen molar-refractivity contribution >= 4 is 28.7 Å². The van der Waals surface area contributed by atoms with Gasteiger partial charge < -0.3 is 25.0 Å².